The maximum absolute atomic E-state index is 12.7. The number of rotatable bonds is 13. The summed E-state index contributed by atoms with van der Waals surface area (Å²) >= 11 is 0. The van der Waals surface area contributed by atoms with Crippen LogP contribution in [0, 0.1) is 5.92 Å². The molecule has 2 saturated carbocycles. The van der Waals surface area contributed by atoms with E-state index in [1.807, 2.05) is 27.9 Å². The second-order valence-electron chi connectivity index (χ2n) is 11.4. The van der Waals surface area contributed by atoms with Crippen LogP contribution in [0.2, 0.25) is 0 Å². The highest BCUT2D eigenvalue weighted by atomic mass is 16.6. The fourth-order valence-electron chi connectivity index (χ4n) is 4.89. The van der Waals surface area contributed by atoms with Crippen molar-refractivity contribution in [2.75, 3.05) is 20.7 Å². The highest BCUT2D eigenvalue weighted by Gasteiger charge is 2.25. The van der Waals surface area contributed by atoms with E-state index in [4.69, 9.17) is 14.3 Å². The van der Waals surface area contributed by atoms with Crippen LogP contribution in [-0.2, 0) is 14.3 Å². The fourth-order valence-corrected chi connectivity index (χ4v) is 4.89. The van der Waals surface area contributed by atoms with E-state index in [2.05, 4.69) is 64.5 Å². The molecule has 2 fully saturated rings. The predicted molar refractivity (Wildman–Crippen MR) is 184 cm³/mol. The van der Waals surface area contributed by atoms with Gasteiger partial charge in [0.15, 0.2) is 0 Å². The van der Waals surface area contributed by atoms with Crippen molar-refractivity contribution >= 4 is 12.4 Å². The van der Waals surface area contributed by atoms with Gasteiger partial charge in [0.2, 0.25) is 0 Å². The number of nitrogens with zero attached hydrogens (tertiary/aromatic N) is 1. The average Bonchev–Trinajstić information content (AvgIpc) is 3.56. The maximum atomic E-state index is 12.7. The molecule has 0 atom stereocenters. The molecule has 0 heterocycles. The van der Waals surface area contributed by atoms with Crippen molar-refractivity contribution in [2.45, 2.75) is 158 Å². The second-order valence-corrected chi connectivity index (χ2v) is 11.4. The highest BCUT2D eigenvalue weighted by molar-refractivity contribution is 5.68. The number of carbonyl (C=O) groups is 2. The zero-order valence-electron chi connectivity index (χ0n) is 29.9. The van der Waals surface area contributed by atoms with Crippen LogP contribution in [0.5, 0.6) is 0 Å². The van der Waals surface area contributed by atoms with Gasteiger partial charge in [-0.1, -0.05) is 93.1 Å². The molecule has 43 heavy (non-hydrogen) atoms. The van der Waals surface area contributed by atoms with Crippen molar-refractivity contribution in [3.8, 4) is 0 Å². The zero-order chi connectivity index (χ0) is 33.0. The lowest BCUT2D eigenvalue weighted by Crippen LogP contribution is -2.36. The molecule has 0 aromatic heterocycles. The first-order valence-electron chi connectivity index (χ1n) is 17.2. The summed E-state index contributed by atoms with van der Waals surface area (Å²) in [5, 5.41) is 0. The lowest BCUT2D eigenvalue weighted by molar-refractivity contribution is -0.106. The van der Waals surface area contributed by atoms with Crippen molar-refractivity contribution in [1.29, 1.82) is 0 Å². The molecule has 0 spiro atoms. The number of ether oxygens (including phenoxy) is 2. The van der Waals surface area contributed by atoms with E-state index in [1.54, 1.807) is 4.90 Å². The van der Waals surface area contributed by atoms with E-state index in [0.717, 1.165) is 67.4 Å². The minimum absolute atomic E-state index is 0.228. The van der Waals surface area contributed by atoms with Gasteiger partial charge in [-0.05, 0) is 76.0 Å². The number of nitrogens with one attached hydrogen (secondary N) is 2. The Kier molecular flexibility index (Phi) is 28.4. The van der Waals surface area contributed by atoms with Crippen LogP contribution in [0.1, 0.15) is 146 Å². The minimum Gasteiger partial charge on any atom is -0.495 e. The molecule has 0 unspecified atom stereocenters. The first-order valence-corrected chi connectivity index (χ1v) is 17.2. The monoisotopic (exact) mass is 608 g/mol. The number of carbonyl (C=O) groups excluding carboxylic acids is 2. The summed E-state index contributed by atoms with van der Waals surface area (Å²) in [6.45, 7) is 18.7. The van der Waals surface area contributed by atoms with Gasteiger partial charge in [-0.15, -0.1) is 0 Å². The Hall–Kier alpha value is -2.28. The Morgan fingerprint density at radius 2 is 1.47 bits per heavy atom. The standard InChI is InChI=1S/C28H49N3O3.C4H10.C2H4O.C2H6/c1-7-13-23(20-33-28(32)31(6)24-14-11-12-15-24)27(30-29-5)22(4)18-19-26(21(2)3)34-25-16-9-8-10-17-25;1-3-4-2;1-2-3;1-2/h18-19,21,24-25,29-30H,7-17,20H2,1-6H3;3-4H2,1-2H3;2H,1H3;1-2H3/b22-18+,26-19+,27-23+;;;. The third-order valence-corrected chi connectivity index (χ3v) is 7.50. The van der Waals surface area contributed by atoms with Crippen molar-refractivity contribution in [2.24, 2.45) is 5.92 Å². The number of hydrogen-bond donors (Lipinski definition) is 2. The molecule has 7 nitrogen and oxygen atoms in total. The van der Waals surface area contributed by atoms with E-state index in [-0.39, 0.29) is 12.7 Å². The summed E-state index contributed by atoms with van der Waals surface area (Å²) in [4.78, 5) is 23.3. The third-order valence-electron chi connectivity index (χ3n) is 7.50. The molecule has 0 bridgehead atoms. The van der Waals surface area contributed by atoms with Crippen LogP contribution in [-0.4, -0.2) is 50.1 Å². The highest BCUT2D eigenvalue weighted by Crippen LogP contribution is 2.26. The van der Waals surface area contributed by atoms with E-state index >= 15 is 0 Å². The summed E-state index contributed by atoms with van der Waals surface area (Å²) in [7, 11) is 3.72. The molecule has 2 aliphatic carbocycles. The molecule has 0 aromatic carbocycles. The first kappa shape index (κ1) is 42.9. The predicted octanol–water partition coefficient (Wildman–Crippen LogP) is 9.65. The van der Waals surface area contributed by atoms with Crippen molar-refractivity contribution in [3.63, 3.8) is 0 Å². The SMILES string of the molecule is CC.CC=O.CCC/C(COC(=O)N(C)C1CCCC1)=C(NNC)/C(C)=C/C=C(/OC1CCCCC1)C(C)C.CCCC. The molecular formula is C36H69N3O4. The van der Waals surface area contributed by atoms with Crippen LogP contribution in [0.25, 0.3) is 0 Å². The van der Waals surface area contributed by atoms with Gasteiger partial charge in [0.05, 0.1) is 17.6 Å². The van der Waals surface area contributed by atoms with Crippen LogP contribution in [0.15, 0.2) is 34.8 Å². The molecule has 2 rings (SSSR count). The van der Waals surface area contributed by atoms with Gasteiger partial charge < -0.3 is 24.6 Å². The summed E-state index contributed by atoms with van der Waals surface area (Å²) in [6.07, 6.45) is 20.3. The number of hydrogen-bond acceptors (Lipinski definition) is 6. The molecular weight excluding hydrogens is 538 g/mol. The molecule has 1 amide bonds. The molecule has 2 aliphatic rings. The molecule has 7 heteroatoms. The number of aldehydes is 1. The van der Waals surface area contributed by atoms with E-state index < -0.39 is 0 Å². The van der Waals surface area contributed by atoms with E-state index in [1.165, 1.54) is 51.9 Å². The minimum atomic E-state index is -0.228. The smallest absolute Gasteiger partial charge is 0.410 e. The Morgan fingerprint density at radius 1 is 0.930 bits per heavy atom. The van der Waals surface area contributed by atoms with Gasteiger partial charge in [0.1, 0.15) is 12.9 Å². The molecule has 2 N–H and O–H groups in total. The Morgan fingerprint density at radius 3 is 1.93 bits per heavy atom. The third kappa shape index (κ3) is 19.6. The molecule has 0 aromatic rings. The summed E-state index contributed by atoms with van der Waals surface area (Å²) in [5.41, 5.74) is 9.52. The van der Waals surface area contributed by atoms with Crippen molar-refractivity contribution in [3.05, 3.63) is 34.8 Å². The van der Waals surface area contributed by atoms with Crippen molar-refractivity contribution < 1.29 is 19.1 Å². The van der Waals surface area contributed by atoms with Crippen LogP contribution in [0.4, 0.5) is 4.79 Å². The van der Waals surface area contributed by atoms with Gasteiger partial charge in [-0.3, -0.25) is 0 Å². The zero-order valence-corrected chi connectivity index (χ0v) is 29.9. The summed E-state index contributed by atoms with van der Waals surface area (Å²) in [5.74, 6) is 1.37. The summed E-state index contributed by atoms with van der Waals surface area (Å²) < 4.78 is 12.2. The first-order chi connectivity index (χ1) is 20.7. The molecule has 0 radical (unpaired) electrons. The Balaban J connectivity index is 0. The van der Waals surface area contributed by atoms with Crippen molar-refractivity contribution in [1.82, 2.24) is 15.8 Å². The Bertz CT molecular complexity index is 790. The summed E-state index contributed by atoms with van der Waals surface area (Å²) in [6, 6.07) is 0.311. The van der Waals surface area contributed by atoms with E-state index in [0.29, 0.717) is 18.1 Å². The average molecular weight is 608 g/mol. The quantitative estimate of drug-likeness (QED) is 0.0939. The van der Waals surface area contributed by atoms with Crippen LogP contribution >= 0.6 is 0 Å². The van der Waals surface area contributed by atoms with Crippen LogP contribution in [0.3, 0.4) is 0 Å². The normalized spacial score (nSPS) is 16.4. The fraction of sp³-hybridized carbons (Fsp3) is 0.778. The molecule has 0 aliphatic heterocycles. The topological polar surface area (TPSA) is 79.9 Å². The van der Waals surface area contributed by atoms with E-state index in [9.17, 15) is 4.79 Å². The molecule has 0 saturated heterocycles. The Labute approximate surface area is 266 Å². The van der Waals surface area contributed by atoms with Gasteiger partial charge >= 0.3 is 6.09 Å². The number of amides is 1. The number of allylic oxidation sites excluding steroid dienone is 4. The number of unbranched alkanes of at least 4 members (excludes halogenated alkanes) is 1. The number of hydrazine groups is 1. The largest absolute Gasteiger partial charge is 0.495 e. The van der Waals surface area contributed by atoms with Gasteiger partial charge in [0, 0.05) is 26.1 Å². The van der Waals surface area contributed by atoms with Gasteiger partial charge in [-0.25, -0.2) is 10.2 Å². The van der Waals surface area contributed by atoms with Crippen LogP contribution < -0.4 is 10.9 Å². The molecule has 252 valence electrons. The van der Waals surface area contributed by atoms with Gasteiger partial charge in [-0.2, -0.15) is 0 Å². The second kappa shape index (κ2) is 28.5. The lowest BCUT2D eigenvalue weighted by Gasteiger charge is -2.26. The lowest BCUT2D eigenvalue weighted by atomic mass is 9.97. The maximum Gasteiger partial charge on any atom is 0.410 e. The van der Waals surface area contributed by atoms with Gasteiger partial charge in [0.25, 0.3) is 0 Å².